The van der Waals surface area contributed by atoms with Crippen LogP contribution in [0, 0.1) is 0 Å². The summed E-state index contributed by atoms with van der Waals surface area (Å²) in [4.78, 5) is 12.2. The highest BCUT2D eigenvalue weighted by atomic mass is 79.9. The van der Waals surface area contributed by atoms with E-state index in [9.17, 15) is 4.79 Å². The Labute approximate surface area is 133 Å². The Morgan fingerprint density at radius 3 is 2.52 bits per heavy atom. The van der Waals surface area contributed by atoms with Crippen LogP contribution in [0.15, 0.2) is 53.0 Å². The van der Waals surface area contributed by atoms with E-state index in [-0.39, 0.29) is 11.9 Å². The third-order valence-corrected chi connectivity index (χ3v) is 3.67. The van der Waals surface area contributed by atoms with Crippen LogP contribution < -0.4 is 10.1 Å². The fourth-order valence-corrected chi connectivity index (χ4v) is 2.29. The van der Waals surface area contributed by atoms with Crippen LogP contribution in [0.3, 0.4) is 0 Å². The van der Waals surface area contributed by atoms with E-state index < -0.39 is 0 Å². The van der Waals surface area contributed by atoms with Crippen LogP contribution in [0.4, 0.5) is 0 Å². The SMILES string of the molecule is CC(C)NC(=O)c1ccccc1OCc1ccccc1Br. The zero-order valence-electron chi connectivity index (χ0n) is 12.1. The molecule has 4 heteroatoms. The van der Waals surface area contributed by atoms with E-state index >= 15 is 0 Å². The second kappa shape index (κ2) is 7.27. The lowest BCUT2D eigenvalue weighted by Gasteiger charge is -2.13. The molecule has 110 valence electrons. The molecule has 0 aliphatic rings. The Morgan fingerprint density at radius 2 is 1.81 bits per heavy atom. The molecule has 1 N–H and O–H groups in total. The van der Waals surface area contributed by atoms with Gasteiger partial charge in [0.1, 0.15) is 12.4 Å². The predicted octanol–water partition coefficient (Wildman–Crippen LogP) is 4.17. The van der Waals surface area contributed by atoms with E-state index in [0.717, 1.165) is 10.0 Å². The third-order valence-electron chi connectivity index (χ3n) is 2.89. The molecule has 0 aliphatic carbocycles. The predicted molar refractivity (Wildman–Crippen MR) is 87.5 cm³/mol. The van der Waals surface area contributed by atoms with Crippen LogP contribution in [0.5, 0.6) is 5.75 Å². The lowest BCUT2D eigenvalue weighted by molar-refractivity contribution is 0.0938. The summed E-state index contributed by atoms with van der Waals surface area (Å²) >= 11 is 3.49. The third kappa shape index (κ3) is 4.33. The van der Waals surface area contributed by atoms with Crippen molar-refractivity contribution < 1.29 is 9.53 Å². The molecule has 0 saturated heterocycles. The molecule has 0 unspecified atom stereocenters. The monoisotopic (exact) mass is 347 g/mol. The zero-order chi connectivity index (χ0) is 15.2. The zero-order valence-corrected chi connectivity index (χ0v) is 13.7. The molecule has 0 atom stereocenters. The van der Waals surface area contributed by atoms with Gasteiger partial charge >= 0.3 is 0 Å². The standard InChI is InChI=1S/C17H18BrNO2/c1-12(2)19-17(20)14-8-4-6-10-16(14)21-11-13-7-3-5-9-15(13)18/h3-10,12H,11H2,1-2H3,(H,19,20). The van der Waals surface area contributed by atoms with Crippen molar-refractivity contribution in [3.05, 3.63) is 64.1 Å². The van der Waals surface area contributed by atoms with Crippen molar-refractivity contribution in [3.63, 3.8) is 0 Å². The van der Waals surface area contributed by atoms with Gasteiger partial charge in [-0.25, -0.2) is 0 Å². The Kier molecular flexibility index (Phi) is 5.39. The summed E-state index contributed by atoms with van der Waals surface area (Å²) in [5.41, 5.74) is 1.59. The molecule has 3 nitrogen and oxygen atoms in total. The highest BCUT2D eigenvalue weighted by Gasteiger charge is 2.13. The summed E-state index contributed by atoms with van der Waals surface area (Å²) in [6, 6.07) is 15.2. The van der Waals surface area contributed by atoms with E-state index in [1.165, 1.54) is 0 Å². The number of rotatable bonds is 5. The molecule has 0 aliphatic heterocycles. The maximum Gasteiger partial charge on any atom is 0.255 e. The molecule has 21 heavy (non-hydrogen) atoms. The average Bonchev–Trinajstić information content (AvgIpc) is 2.46. The molecule has 0 saturated carbocycles. The fraction of sp³-hybridized carbons (Fsp3) is 0.235. The number of halogens is 1. The molecule has 1 amide bonds. The first kappa shape index (κ1) is 15.6. The Bertz CT molecular complexity index is 626. The molecule has 0 aromatic heterocycles. The van der Waals surface area contributed by atoms with E-state index in [0.29, 0.717) is 17.9 Å². The molecule has 2 rings (SSSR count). The normalized spacial score (nSPS) is 10.5. The number of hydrogen-bond acceptors (Lipinski definition) is 2. The van der Waals surface area contributed by atoms with E-state index in [2.05, 4.69) is 21.2 Å². The fourth-order valence-electron chi connectivity index (χ4n) is 1.89. The molecule has 0 spiro atoms. The maximum atomic E-state index is 12.2. The van der Waals surface area contributed by atoms with Gasteiger partial charge in [0, 0.05) is 16.1 Å². The van der Waals surface area contributed by atoms with Crippen LogP contribution >= 0.6 is 15.9 Å². The van der Waals surface area contributed by atoms with Gasteiger partial charge in [0.25, 0.3) is 5.91 Å². The molecule has 2 aromatic rings. The number of carbonyl (C=O) groups excluding carboxylic acids is 1. The van der Waals surface area contributed by atoms with Crippen molar-refractivity contribution in [3.8, 4) is 5.75 Å². The molecule has 0 bridgehead atoms. The van der Waals surface area contributed by atoms with Crippen molar-refractivity contribution in [1.82, 2.24) is 5.32 Å². The number of carbonyl (C=O) groups is 1. The molecular weight excluding hydrogens is 330 g/mol. The highest BCUT2D eigenvalue weighted by molar-refractivity contribution is 9.10. The summed E-state index contributed by atoms with van der Waals surface area (Å²) in [5.74, 6) is 0.471. The lowest BCUT2D eigenvalue weighted by atomic mass is 10.1. The number of para-hydroxylation sites is 1. The first-order valence-electron chi connectivity index (χ1n) is 6.84. The number of nitrogens with one attached hydrogen (secondary N) is 1. The molecule has 2 aromatic carbocycles. The van der Waals surface area contributed by atoms with Gasteiger partial charge in [-0.1, -0.05) is 46.3 Å². The van der Waals surface area contributed by atoms with Crippen LogP contribution in [0.2, 0.25) is 0 Å². The van der Waals surface area contributed by atoms with E-state index in [4.69, 9.17) is 4.74 Å². The largest absolute Gasteiger partial charge is 0.488 e. The van der Waals surface area contributed by atoms with Gasteiger partial charge in [0.15, 0.2) is 0 Å². The second-order valence-electron chi connectivity index (χ2n) is 5.00. The smallest absolute Gasteiger partial charge is 0.255 e. The van der Waals surface area contributed by atoms with Crippen molar-refractivity contribution in [2.75, 3.05) is 0 Å². The van der Waals surface area contributed by atoms with Gasteiger partial charge in [0.05, 0.1) is 5.56 Å². The Hall–Kier alpha value is -1.81. The van der Waals surface area contributed by atoms with Gasteiger partial charge in [-0.3, -0.25) is 4.79 Å². The van der Waals surface area contributed by atoms with Crippen molar-refractivity contribution in [1.29, 1.82) is 0 Å². The van der Waals surface area contributed by atoms with Crippen molar-refractivity contribution >= 4 is 21.8 Å². The summed E-state index contributed by atoms with van der Waals surface area (Å²) in [5, 5.41) is 2.88. The van der Waals surface area contributed by atoms with Gasteiger partial charge in [-0.05, 0) is 32.0 Å². The Morgan fingerprint density at radius 1 is 1.14 bits per heavy atom. The summed E-state index contributed by atoms with van der Waals surface area (Å²) in [6.07, 6.45) is 0. The second-order valence-corrected chi connectivity index (χ2v) is 5.86. The first-order chi connectivity index (χ1) is 10.1. The highest BCUT2D eigenvalue weighted by Crippen LogP contribution is 2.22. The molecule has 0 fully saturated rings. The van der Waals surface area contributed by atoms with Gasteiger partial charge in [-0.2, -0.15) is 0 Å². The van der Waals surface area contributed by atoms with Gasteiger partial charge < -0.3 is 10.1 Å². The van der Waals surface area contributed by atoms with Crippen LogP contribution in [0.1, 0.15) is 29.8 Å². The minimum atomic E-state index is -0.118. The minimum absolute atomic E-state index is 0.0915. The van der Waals surface area contributed by atoms with Gasteiger partial charge in [0.2, 0.25) is 0 Å². The maximum absolute atomic E-state index is 12.2. The summed E-state index contributed by atoms with van der Waals surface area (Å²) in [6.45, 7) is 4.28. The summed E-state index contributed by atoms with van der Waals surface area (Å²) in [7, 11) is 0. The minimum Gasteiger partial charge on any atom is -0.488 e. The topological polar surface area (TPSA) is 38.3 Å². The van der Waals surface area contributed by atoms with Crippen molar-refractivity contribution in [2.45, 2.75) is 26.5 Å². The van der Waals surface area contributed by atoms with Crippen LogP contribution in [-0.4, -0.2) is 11.9 Å². The number of ether oxygens (including phenoxy) is 1. The van der Waals surface area contributed by atoms with Crippen LogP contribution in [-0.2, 0) is 6.61 Å². The number of benzene rings is 2. The van der Waals surface area contributed by atoms with Crippen LogP contribution in [0.25, 0.3) is 0 Å². The van der Waals surface area contributed by atoms with Crippen molar-refractivity contribution in [2.24, 2.45) is 0 Å². The Balaban J connectivity index is 2.14. The number of hydrogen-bond donors (Lipinski definition) is 1. The number of amides is 1. The molecule has 0 radical (unpaired) electrons. The first-order valence-corrected chi connectivity index (χ1v) is 7.63. The summed E-state index contributed by atoms with van der Waals surface area (Å²) < 4.78 is 6.81. The van der Waals surface area contributed by atoms with Gasteiger partial charge in [-0.15, -0.1) is 0 Å². The molecule has 0 heterocycles. The average molecular weight is 348 g/mol. The quantitative estimate of drug-likeness (QED) is 0.881. The van der Waals surface area contributed by atoms with E-state index in [1.54, 1.807) is 6.07 Å². The lowest BCUT2D eigenvalue weighted by Crippen LogP contribution is -2.30. The van der Waals surface area contributed by atoms with E-state index in [1.807, 2.05) is 56.3 Å². The molecular formula is C17H18BrNO2.